The first-order valence-corrected chi connectivity index (χ1v) is 8.29. The molecule has 0 bridgehead atoms. The van der Waals surface area contributed by atoms with Gasteiger partial charge in [0, 0.05) is 19.0 Å². The minimum absolute atomic E-state index is 0.0472. The lowest BCUT2D eigenvalue weighted by Crippen LogP contribution is -2.32. The third kappa shape index (κ3) is 4.26. The molecule has 0 atom stereocenters. The summed E-state index contributed by atoms with van der Waals surface area (Å²) in [6, 6.07) is 7.42. The van der Waals surface area contributed by atoms with Crippen LogP contribution in [0.1, 0.15) is 31.4 Å². The van der Waals surface area contributed by atoms with E-state index in [0.717, 1.165) is 17.5 Å². The number of hydrogen-bond acceptors (Lipinski definition) is 2. The minimum Gasteiger partial charge on any atom is -0.212 e. The Balaban J connectivity index is 2.87. The van der Waals surface area contributed by atoms with Gasteiger partial charge in [-0.3, -0.25) is 0 Å². The van der Waals surface area contributed by atoms with Gasteiger partial charge < -0.3 is 0 Å². The zero-order valence-electron chi connectivity index (χ0n) is 10.9. The molecule has 0 saturated carbocycles. The van der Waals surface area contributed by atoms with Crippen LogP contribution in [0, 0.1) is 0 Å². The molecule has 0 spiro atoms. The Morgan fingerprint density at radius 2 is 1.89 bits per heavy atom. The van der Waals surface area contributed by atoms with Gasteiger partial charge in [0.15, 0.2) is 0 Å². The Morgan fingerprint density at radius 3 is 2.44 bits per heavy atom. The van der Waals surface area contributed by atoms with Crippen molar-refractivity contribution < 1.29 is 8.42 Å². The molecule has 0 aliphatic heterocycles. The Hall–Kier alpha value is -0.580. The van der Waals surface area contributed by atoms with Gasteiger partial charge in [-0.05, 0) is 17.5 Å². The zero-order chi connectivity index (χ0) is 13.6. The van der Waals surface area contributed by atoms with Crippen LogP contribution < -0.4 is 0 Å². The summed E-state index contributed by atoms with van der Waals surface area (Å²) < 4.78 is 26.0. The van der Waals surface area contributed by atoms with E-state index in [1.54, 1.807) is 0 Å². The smallest absolute Gasteiger partial charge is 0.212 e. The number of rotatable bonds is 7. The maximum atomic E-state index is 12.2. The molecule has 5 heteroatoms. The second-order valence-corrected chi connectivity index (χ2v) is 6.44. The molecule has 18 heavy (non-hydrogen) atoms. The van der Waals surface area contributed by atoms with Crippen molar-refractivity contribution >= 4 is 21.6 Å². The fourth-order valence-electron chi connectivity index (χ4n) is 1.85. The van der Waals surface area contributed by atoms with E-state index in [-0.39, 0.29) is 5.75 Å². The molecule has 1 aromatic rings. The van der Waals surface area contributed by atoms with E-state index in [2.05, 4.69) is 0 Å². The molecule has 0 aliphatic carbocycles. The lowest BCUT2D eigenvalue weighted by molar-refractivity contribution is 0.426. The van der Waals surface area contributed by atoms with Crippen LogP contribution in [0.2, 0.25) is 0 Å². The molecule has 0 aliphatic rings. The second-order valence-electron chi connectivity index (χ2n) is 4.20. The highest BCUT2D eigenvalue weighted by Gasteiger charge is 2.19. The van der Waals surface area contributed by atoms with Crippen LogP contribution in [0.25, 0.3) is 0 Å². The van der Waals surface area contributed by atoms with Gasteiger partial charge in [-0.15, -0.1) is 11.6 Å². The van der Waals surface area contributed by atoms with Crippen molar-refractivity contribution in [1.29, 1.82) is 0 Å². The average Bonchev–Trinajstić information content (AvgIpc) is 2.35. The van der Waals surface area contributed by atoms with Gasteiger partial charge in [-0.25, -0.2) is 12.7 Å². The molecule has 1 rings (SSSR count). The van der Waals surface area contributed by atoms with Crippen molar-refractivity contribution in [3.05, 3.63) is 35.4 Å². The molecule has 0 N–H and O–H groups in total. The van der Waals surface area contributed by atoms with E-state index in [4.69, 9.17) is 11.6 Å². The summed E-state index contributed by atoms with van der Waals surface area (Å²) in [7, 11) is -3.22. The first kappa shape index (κ1) is 15.5. The van der Waals surface area contributed by atoms with Crippen LogP contribution in [0.4, 0.5) is 0 Å². The van der Waals surface area contributed by atoms with Crippen molar-refractivity contribution in [1.82, 2.24) is 4.31 Å². The van der Waals surface area contributed by atoms with E-state index < -0.39 is 10.0 Å². The molecule has 0 amide bonds. The highest BCUT2D eigenvalue weighted by atomic mass is 35.5. The summed E-state index contributed by atoms with van der Waals surface area (Å²) in [6.45, 7) is 4.94. The third-order valence-electron chi connectivity index (χ3n) is 2.71. The van der Waals surface area contributed by atoms with Crippen LogP contribution in [-0.2, 0) is 21.7 Å². The molecule has 0 aromatic heterocycles. The largest absolute Gasteiger partial charge is 0.218 e. The summed E-state index contributed by atoms with van der Waals surface area (Å²) in [5, 5.41) is 0. The SMILES string of the molecule is CCCN(CC)S(=O)(=O)Cc1cccc(CCl)c1. The standard InChI is InChI=1S/C13H20ClNO2S/c1-3-8-15(4-2)18(16,17)11-13-7-5-6-12(9-13)10-14/h5-7,9H,3-4,8,10-11H2,1-2H3. The van der Waals surface area contributed by atoms with Crippen LogP contribution in [0.5, 0.6) is 0 Å². The number of benzene rings is 1. The molecular formula is C13H20ClNO2S. The van der Waals surface area contributed by atoms with Gasteiger partial charge >= 0.3 is 0 Å². The average molecular weight is 290 g/mol. The maximum absolute atomic E-state index is 12.2. The van der Waals surface area contributed by atoms with E-state index >= 15 is 0 Å². The van der Waals surface area contributed by atoms with Crippen LogP contribution >= 0.6 is 11.6 Å². The zero-order valence-corrected chi connectivity index (χ0v) is 12.5. The van der Waals surface area contributed by atoms with Crippen molar-refractivity contribution in [2.75, 3.05) is 13.1 Å². The van der Waals surface area contributed by atoms with Crippen LogP contribution in [0.3, 0.4) is 0 Å². The van der Waals surface area contributed by atoms with Crippen molar-refractivity contribution in [2.24, 2.45) is 0 Å². The fraction of sp³-hybridized carbons (Fsp3) is 0.538. The molecule has 1 aromatic carbocycles. The van der Waals surface area contributed by atoms with Gasteiger partial charge in [-0.2, -0.15) is 0 Å². The van der Waals surface area contributed by atoms with Crippen LogP contribution in [-0.4, -0.2) is 25.8 Å². The van der Waals surface area contributed by atoms with Gasteiger partial charge in [0.2, 0.25) is 10.0 Å². The molecule has 0 fully saturated rings. The quantitative estimate of drug-likeness (QED) is 0.724. The van der Waals surface area contributed by atoms with Gasteiger partial charge in [0.05, 0.1) is 5.75 Å². The van der Waals surface area contributed by atoms with E-state index in [9.17, 15) is 8.42 Å². The molecule has 0 unspecified atom stereocenters. The van der Waals surface area contributed by atoms with E-state index in [1.165, 1.54) is 4.31 Å². The Morgan fingerprint density at radius 1 is 1.22 bits per heavy atom. The molecule has 102 valence electrons. The van der Waals surface area contributed by atoms with Gasteiger partial charge in [0.1, 0.15) is 0 Å². The molecule has 0 heterocycles. The molecule has 0 radical (unpaired) electrons. The summed E-state index contributed by atoms with van der Waals surface area (Å²) in [6.07, 6.45) is 0.828. The number of hydrogen-bond donors (Lipinski definition) is 0. The summed E-state index contributed by atoms with van der Waals surface area (Å²) in [4.78, 5) is 0. The fourth-order valence-corrected chi connectivity index (χ4v) is 3.65. The lowest BCUT2D eigenvalue weighted by atomic mass is 10.2. The molecule has 3 nitrogen and oxygen atoms in total. The Labute approximate surface area is 115 Å². The van der Waals surface area contributed by atoms with Crippen molar-refractivity contribution in [3.8, 4) is 0 Å². The summed E-state index contributed by atoms with van der Waals surface area (Å²) in [5.74, 6) is 0.450. The van der Waals surface area contributed by atoms with Gasteiger partial charge in [-0.1, -0.05) is 38.1 Å². The number of nitrogens with zero attached hydrogens (tertiary/aromatic N) is 1. The van der Waals surface area contributed by atoms with Crippen molar-refractivity contribution in [2.45, 2.75) is 31.9 Å². The minimum atomic E-state index is -3.22. The van der Waals surface area contributed by atoms with E-state index in [1.807, 2.05) is 38.1 Å². The van der Waals surface area contributed by atoms with E-state index in [0.29, 0.717) is 19.0 Å². The predicted octanol–water partition coefficient (Wildman–Crippen LogP) is 2.99. The summed E-state index contributed by atoms with van der Waals surface area (Å²) >= 11 is 5.75. The summed E-state index contributed by atoms with van der Waals surface area (Å²) in [5.41, 5.74) is 1.74. The Kier molecular flexibility index (Phi) is 6.12. The molecule has 0 saturated heterocycles. The van der Waals surface area contributed by atoms with Crippen molar-refractivity contribution in [3.63, 3.8) is 0 Å². The number of halogens is 1. The highest BCUT2D eigenvalue weighted by molar-refractivity contribution is 7.88. The Bertz CT molecular complexity index is 474. The maximum Gasteiger partial charge on any atom is 0.218 e. The highest BCUT2D eigenvalue weighted by Crippen LogP contribution is 2.14. The topological polar surface area (TPSA) is 37.4 Å². The second kappa shape index (κ2) is 7.12. The first-order valence-electron chi connectivity index (χ1n) is 6.15. The monoisotopic (exact) mass is 289 g/mol. The third-order valence-corrected chi connectivity index (χ3v) is 4.95. The van der Waals surface area contributed by atoms with Gasteiger partial charge in [0.25, 0.3) is 0 Å². The predicted molar refractivity (Wildman–Crippen MR) is 76.2 cm³/mol. The normalized spacial score (nSPS) is 12.0. The first-order chi connectivity index (χ1) is 8.53. The number of sulfonamides is 1. The molecular weight excluding hydrogens is 270 g/mol. The number of alkyl halides is 1. The van der Waals surface area contributed by atoms with Crippen LogP contribution in [0.15, 0.2) is 24.3 Å². The lowest BCUT2D eigenvalue weighted by Gasteiger charge is -2.19.